The summed E-state index contributed by atoms with van der Waals surface area (Å²) >= 11 is 0. The summed E-state index contributed by atoms with van der Waals surface area (Å²) in [6, 6.07) is 11.5. The maximum Gasteiger partial charge on any atom is 0.237 e. The Morgan fingerprint density at radius 2 is 2.04 bits per heavy atom. The number of para-hydroxylation sites is 1. The molecule has 0 saturated carbocycles. The number of halogens is 1. The van der Waals surface area contributed by atoms with Gasteiger partial charge in [-0.15, -0.1) is 0 Å². The van der Waals surface area contributed by atoms with Crippen molar-refractivity contribution in [3.8, 4) is 17.2 Å². The van der Waals surface area contributed by atoms with Crippen LogP contribution in [0, 0.1) is 5.82 Å². The van der Waals surface area contributed by atoms with E-state index in [4.69, 9.17) is 14.2 Å². The normalized spacial score (nSPS) is 13.5. The maximum absolute atomic E-state index is 13.5. The van der Waals surface area contributed by atoms with Crippen LogP contribution in [0.3, 0.4) is 0 Å². The minimum absolute atomic E-state index is 0.0962. The Morgan fingerprint density at radius 1 is 1.26 bits per heavy atom. The number of carbonyl (C=O) groups is 1. The number of amides is 1. The van der Waals surface area contributed by atoms with E-state index in [1.54, 1.807) is 18.2 Å². The van der Waals surface area contributed by atoms with Gasteiger partial charge in [0.25, 0.3) is 0 Å². The van der Waals surface area contributed by atoms with Gasteiger partial charge in [-0.3, -0.25) is 9.69 Å². The van der Waals surface area contributed by atoms with Crippen LogP contribution in [0.5, 0.6) is 17.2 Å². The number of carbonyl (C=O) groups excluding carboxylic acids is 1. The fourth-order valence-electron chi connectivity index (χ4n) is 2.64. The van der Waals surface area contributed by atoms with Gasteiger partial charge in [0.15, 0.2) is 23.1 Å². The Hall–Kier alpha value is -2.80. The molecule has 1 heterocycles. The van der Waals surface area contributed by atoms with E-state index in [0.717, 1.165) is 5.56 Å². The fraction of sp³-hybridized carbons (Fsp3) is 0.350. The molecule has 1 unspecified atom stereocenters. The molecule has 0 radical (unpaired) electrons. The summed E-state index contributed by atoms with van der Waals surface area (Å²) in [5.41, 5.74) is 0.935. The molecule has 0 fully saturated rings. The average Bonchev–Trinajstić information content (AvgIpc) is 3.14. The highest BCUT2D eigenvalue weighted by molar-refractivity contribution is 5.81. The van der Waals surface area contributed by atoms with E-state index in [0.29, 0.717) is 24.6 Å². The number of hydrogen-bond donors (Lipinski definition) is 1. The zero-order chi connectivity index (χ0) is 19.2. The van der Waals surface area contributed by atoms with Crippen molar-refractivity contribution in [2.45, 2.75) is 19.5 Å². The zero-order valence-corrected chi connectivity index (χ0v) is 15.4. The molecule has 0 bridgehead atoms. The third-order valence-electron chi connectivity index (χ3n) is 4.48. The van der Waals surface area contributed by atoms with Crippen LogP contribution >= 0.6 is 0 Å². The van der Waals surface area contributed by atoms with E-state index in [2.05, 4.69) is 5.32 Å². The van der Waals surface area contributed by atoms with Gasteiger partial charge in [0.2, 0.25) is 12.7 Å². The highest BCUT2D eigenvalue weighted by Crippen LogP contribution is 2.32. The van der Waals surface area contributed by atoms with Crippen LogP contribution in [0.2, 0.25) is 0 Å². The van der Waals surface area contributed by atoms with Crippen molar-refractivity contribution in [1.82, 2.24) is 10.2 Å². The molecule has 0 saturated heterocycles. The molecular weight excluding hydrogens is 351 g/mol. The first-order valence-corrected chi connectivity index (χ1v) is 8.78. The quantitative estimate of drug-likeness (QED) is 0.770. The molecule has 0 spiro atoms. The molecule has 6 nitrogen and oxygen atoms in total. The number of nitrogens with one attached hydrogen (secondary N) is 1. The minimum atomic E-state index is -0.394. The van der Waals surface area contributed by atoms with Gasteiger partial charge in [-0.25, -0.2) is 4.39 Å². The van der Waals surface area contributed by atoms with Crippen molar-refractivity contribution < 1.29 is 23.4 Å². The van der Waals surface area contributed by atoms with Gasteiger partial charge in [0.05, 0.1) is 6.04 Å². The van der Waals surface area contributed by atoms with Gasteiger partial charge < -0.3 is 19.5 Å². The lowest BCUT2D eigenvalue weighted by Gasteiger charge is -2.24. The summed E-state index contributed by atoms with van der Waals surface area (Å²) in [4.78, 5) is 14.2. The van der Waals surface area contributed by atoms with E-state index in [1.807, 2.05) is 37.1 Å². The summed E-state index contributed by atoms with van der Waals surface area (Å²) in [5, 5.41) is 2.91. The first-order valence-electron chi connectivity index (χ1n) is 8.78. The standard InChI is InChI=1S/C20H23FN2O4/c1-14(23(2)9-10-25-17-6-4-3-5-16(17)21)20(24)22-12-15-7-8-18-19(11-15)27-13-26-18/h3-8,11,14H,9-10,12-13H2,1-2H3,(H,22,24). The lowest BCUT2D eigenvalue weighted by atomic mass is 10.2. The molecule has 7 heteroatoms. The number of nitrogens with zero attached hydrogens (tertiary/aromatic N) is 1. The van der Waals surface area contributed by atoms with Crippen LogP contribution < -0.4 is 19.5 Å². The smallest absolute Gasteiger partial charge is 0.237 e. The average molecular weight is 374 g/mol. The molecule has 3 rings (SSSR count). The molecule has 1 aliphatic heterocycles. The van der Waals surface area contributed by atoms with E-state index >= 15 is 0 Å². The van der Waals surface area contributed by atoms with Gasteiger partial charge in [0.1, 0.15) is 6.61 Å². The van der Waals surface area contributed by atoms with E-state index in [-0.39, 0.29) is 31.1 Å². The first-order chi connectivity index (χ1) is 13.0. The Morgan fingerprint density at radius 3 is 2.85 bits per heavy atom. The lowest BCUT2D eigenvalue weighted by molar-refractivity contribution is -0.125. The number of ether oxygens (including phenoxy) is 3. The van der Waals surface area contributed by atoms with Crippen molar-refractivity contribution in [3.63, 3.8) is 0 Å². The number of rotatable bonds is 8. The summed E-state index contributed by atoms with van der Waals surface area (Å²) in [6.45, 7) is 3.23. The molecular formula is C20H23FN2O4. The molecule has 1 atom stereocenters. The monoisotopic (exact) mass is 374 g/mol. The molecule has 1 amide bonds. The molecule has 1 N–H and O–H groups in total. The predicted octanol–water partition coefficient (Wildman–Crippen LogP) is 2.57. The number of fused-ring (bicyclic) bond motifs is 1. The van der Waals surface area contributed by atoms with Crippen LogP contribution in [-0.4, -0.2) is 43.8 Å². The molecule has 2 aromatic carbocycles. The van der Waals surface area contributed by atoms with E-state index in [9.17, 15) is 9.18 Å². The van der Waals surface area contributed by atoms with Crippen molar-refractivity contribution >= 4 is 5.91 Å². The molecule has 0 aromatic heterocycles. The Bertz CT molecular complexity index is 799. The molecule has 27 heavy (non-hydrogen) atoms. The number of hydrogen-bond acceptors (Lipinski definition) is 5. The third-order valence-corrected chi connectivity index (χ3v) is 4.48. The molecule has 1 aliphatic rings. The maximum atomic E-state index is 13.5. The largest absolute Gasteiger partial charge is 0.489 e. The second kappa shape index (κ2) is 8.73. The van der Waals surface area contributed by atoms with Crippen LogP contribution in [0.1, 0.15) is 12.5 Å². The first kappa shape index (κ1) is 19.0. The van der Waals surface area contributed by atoms with Gasteiger partial charge in [-0.1, -0.05) is 18.2 Å². The second-order valence-electron chi connectivity index (χ2n) is 6.34. The third kappa shape index (κ3) is 4.89. The highest BCUT2D eigenvalue weighted by Gasteiger charge is 2.18. The predicted molar refractivity (Wildman–Crippen MR) is 98.4 cm³/mol. The Balaban J connectivity index is 1.43. The summed E-state index contributed by atoms with van der Waals surface area (Å²) in [6.07, 6.45) is 0. The summed E-state index contributed by atoms with van der Waals surface area (Å²) < 4.78 is 29.6. The van der Waals surface area contributed by atoms with E-state index < -0.39 is 5.82 Å². The number of likely N-dealkylation sites (N-methyl/N-ethyl adjacent to an activating group) is 1. The summed E-state index contributed by atoms with van der Waals surface area (Å²) in [5.74, 6) is 1.13. The van der Waals surface area contributed by atoms with Crippen molar-refractivity contribution in [3.05, 3.63) is 53.8 Å². The molecule has 144 valence electrons. The van der Waals surface area contributed by atoms with Gasteiger partial charge in [-0.05, 0) is 43.8 Å². The Kier molecular flexibility index (Phi) is 6.13. The highest BCUT2D eigenvalue weighted by atomic mass is 19.1. The SMILES string of the molecule is CC(C(=O)NCc1ccc2c(c1)OCO2)N(C)CCOc1ccccc1F. The van der Waals surface area contributed by atoms with Crippen LogP contribution in [0.25, 0.3) is 0 Å². The summed E-state index contributed by atoms with van der Waals surface area (Å²) in [7, 11) is 1.83. The topological polar surface area (TPSA) is 60.0 Å². The van der Waals surface area contributed by atoms with Crippen LogP contribution in [-0.2, 0) is 11.3 Å². The van der Waals surface area contributed by atoms with Gasteiger partial charge >= 0.3 is 0 Å². The van der Waals surface area contributed by atoms with Crippen LogP contribution in [0.15, 0.2) is 42.5 Å². The van der Waals surface area contributed by atoms with E-state index in [1.165, 1.54) is 6.07 Å². The molecule has 2 aromatic rings. The fourth-order valence-corrected chi connectivity index (χ4v) is 2.64. The second-order valence-corrected chi connectivity index (χ2v) is 6.34. The van der Waals surface area contributed by atoms with Crippen LogP contribution in [0.4, 0.5) is 4.39 Å². The van der Waals surface area contributed by atoms with Crippen molar-refractivity contribution in [1.29, 1.82) is 0 Å². The molecule has 0 aliphatic carbocycles. The van der Waals surface area contributed by atoms with Crippen molar-refractivity contribution in [2.24, 2.45) is 0 Å². The lowest BCUT2D eigenvalue weighted by Crippen LogP contribution is -2.44. The van der Waals surface area contributed by atoms with Crippen molar-refractivity contribution in [2.75, 3.05) is 27.0 Å². The Labute approximate surface area is 157 Å². The number of benzene rings is 2. The van der Waals surface area contributed by atoms with Gasteiger partial charge in [0, 0.05) is 13.1 Å². The van der Waals surface area contributed by atoms with Gasteiger partial charge in [-0.2, -0.15) is 0 Å². The zero-order valence-electron chi connectivity index (χ0n) is 15.4. The minimum Gasteiger partial charge on any atom is -0.489 e.